The fraction of sp³-hybridized carbons (Fsp3) is 0.360. The summed E-state index contributed by atoms with van der Waals surface area (Å²) >= 11 is 0. The predicted molar refractivity (Wildman–Crippen MR) is 124 cm³/mol. The monoisotopic (exact) mass is 435 g/mol. The van der Waals surface area contributed by atoms with Crippen LogP contribution in [-0.2, 0) is 9.59 Å². The molecule has 2 N–H and O–H groups in total. The molecule has 2 aromatic rings. The number of nitrogens with zero attached hydrogens (tertiary/aromatic N) is 3. The van der Waals surface area contributed by atoms with Crippen molar-refractivity contribution >= 4 is 23.1 Å². The Morgan fingerprint density at radius 2 is 1.47 bits per heavy atom. The molecule has 0 saturated carbocycles. The van der Waals surface area contributed by atoms with E-state index in [0.717, 1.165) is 31.9 Å². The van der Waals surface area contributed by atoms with Gasteiger partial charge in [-0.15, -0.1) is 0 Å². The minimum atomic E-state index is -0.757. The molecule has 2 aliphatic heterocycles. The number of carbonyl (C=O) groups is 2. The molecule has 1 saturated heterocycles. The molecule has 2 heterocycles. The molecule has 0 aliphatic carbocycles. The number of likely N-dealkylation sites (N-methyl/N-ethyl adjacent to an activating group) is 1. The molecule has 32 heavy (non-hydrogen) atoms. The lowest BCUT2D eigenvalue weighted by molar-refractivity contribution is -0.119. The number of benzene rings is 2. The Labute approximate surface area is 188 Å². The van der Waals surface area contributed by atoms with Gasteiger partial charge < -0.3 is 20.0 Å². The van der Waals surface area contributed by atoms with Crippen molar-refractivity contribution in [2.45, 2.75) is 19.9 Å². The molecule has 1 amide bonds. The van der Waals surface area contributed by atoms with Crippen molar-refractivity contribution in [3.8, 4) is 5.75 Å². The lowest BCUT2D eigenvalue weighted by atomic mass is 9.91. The number of ketones is 1. The minimum Gasteiger partial charge on any atom is -0.508 e. The van der Waals surface area contributed by atoms with Gasteiger partial charge in [0.1, 0.15) is 5.75 Å². The minimum absolute atomic E-state index is 0.0890. The summed E-state index contributed by atoms with van der Waals surface area (Å²) in [5.74, 6) is -1.67. The van der Waals surface area contributed by atoms with Gasteiger partial charge in [0.25, 0.3) is 5.91 Å². The van der Waals surface area contributed by atoms with Crippen LogP contribution in [-0.4, -0.2) is 60.0 Å². The lowest BCUT2D eigenvalue weighted by Crippen LogP contribution is -2.44. The third-order valence-corrected chi connectivity index (χ3v) is 6.20. The SMILES string of the molecule is CC(C)C(=O)C1=C(O)C(=O)N(c2ccc(N3CCN(C)CC3)cc2)C1c1ccc(O)cc1. The van der Waals surface area contributed by atoms with Crippen molar-refractivity contribution < 1.29 is 19.8 Å². The van der Waals surface area contributed by atoms with Gasteiger partial charge in [0.2, 0.25) is 0 Å². The van der Waals surface area contributed by atoms with E-state index < -0.39 is 17.7 Å². The molecule has 0 aromatic heterocycles. The molecular weight excluding hydrogens is 406 g/mol. The first kappa shape index (κ1) is 21.9. The van der Waals surface area contributed by atoms with Gasteiger partial charge in [0.15, 0.2) is 11.5 Å². The number of phenols is 1. The van der Waals surface area contributed by atoms with Gasteiger partial charge in [-0.25, -0.2) is 0 Å². The molecule has 2 aromatic carbocycles. The van der Waals surface area contributed by atoms with Gasteiger partial charge in [-0.1, -0.05) is 26.0 Å². The average molecular weight is 436 g/mol. The number of amides is 1. The largest absolute Gasteiger partial charge is 0.508 e. The Hall–Kier alpha value is -3.32. The summed E-state index contributed by atoms with van der Waals surface area (Å²) in [6.07, 6.45) is 0. The van der Waals surface area contributed by atoms with Crippen LogP contribution < -0.4 is 9.80 Å². The molecule has 7 nitrogen and oxygen atoms in total. The van der Waals surface area contributed by atoms with Crippen LogP contribution in [0.3, 0.4) is 0 Å². The average Bonchev–Trinajstić information content (AvgIpc) is 3.05. The number of Topliss-reactive ketones (excluding diaryl/α,β-unsaturated/α-hetero) is 1. The molecule has 2 aliphatic rings. The summed E-state index contributed by atoms with van der Waals surface area (Å²) in [7, 11) is 2.11. The summed E-state index contributed by atoms with van der Waals surface area (Å²) in [6, 6.07) is 13.3. The standard InChI is InChI=1S/C25H29N3O4/c1-16(2)23(30)21-22(17-4-10-20(29)11-5-17)28(25(32)24(21)31)19-8-6-18(7-9-19)27-14-12-26(3)13-15-27/h4-11,16,22,29,31H,12-15H2,1-3H3. The van der Waals surface area contributed by atoms with Crippen LogP contribution in [0.15, 0.2) is 59.9 Å². The number of hydrogen-bond donors (Lipinski definition) is 2. The van der Waals surface area contributed by atoms with E-state index in [4.69, 9.17) is 0 Å². The highest BCUT2D eigenvalue weighted by Crippen LogP contribution is 2.42. The third kappa shape index (κ3) is 3.96. The molecular formula is C25H29N3O4. The van der Waals surface area contributed by atoms with E-state index >= 15 is 0 Å². The Morgan fingerprint density at radius 3 is 2.03 bits per heavy atom. The molecule has 0 spiro atoms. The summed E-state index contributed by atoms with van der Waals surface area (Å²) in [6.45, 7) is 7.35. The second kappa shape index (κ2) is 8.67. The van der Waals surface area contributed by atoms with Crippen LogP contribution in [0, 0.1) is 5.92 Å². The Morgan fingerprint density at radius 1 is 0.906 bits per heavy atom. The Kier molecular flexibility index (Phi) is 5.93. The number of carbonyl (C=O) groups excluding carboxylic acids is 2. The van der Waals surface area contributed by atoms with Gasteiger partial charge in [-0.05, 0) is 49.0 Å². The zero-order valence-corrected chi connectivity index (χ0v) is 18.7. The maximum atomic E-state index is 13.1. The van der Waals surface area contributed by atoms with Crippen LogP contribution in [0.1, 0.15) is 25.5 Å². The van der Waals surface area contributed by atoms with Gasteiger partial charge in [0, 0.05) is 43.5 Å². The maximum Gasteiger partial charge on any atom is 0.294 e. The predicted octanol–water partition coefficient (Wildman–Crippen LogP) is 3.27. The van der Waals surface area contributed by atoms with Gasteiger partial charge in [-0.2, -0.15) is 0 Å². The third-order valence-electron chi connectivity index (χ3n) is 6.20. The Bertz CT molecular complexity index is 1040. The van der Waals surface area contributed by atoms with E-state index in [-0.39, 0.29) is 23.0 Å². The molecule has 1 atom stereocenters. The van der Waals surface area contributed by atoms with Crippen LogP contribution in [0.4, 0.5) is 11.4 Å². The molecule has 4 rings (SSSR count). The van der Waals surface area contributed by atoms with E-state index in [9.17, 15) is 19.8 Å². The first-order chi connectivity index (χ1) is 15.3. The summed E-state index contributed by atoms with van der Waals surface area (Å²) < 4.78 is 0. The first-order valence-corrected chi connectivity index (χ1v) is 10.9. The fourth-order valence-electron chi connectivity index (χ4n) is 4.29. The number of anilines is 2. The number of piperazine rings is 1. The van der Waals surface area contributed by atoms with Crippen molar-refractivity contribution in [2.24, 2.45) is 5.92 Å². The van der Waals surface area contributed by atoms with Crippen molar-refractivity contribution in [3.05, 3.63) is 65.4 Å². The van der Waals surface area contributed by atoms with Crippen LogP contribution in [0.25, 0.3) is 0 Å². The molecule has 7 heteroatoms. The fourth-order valence-corrected chi connectivity index (χ4v) is 4.29. The number of aromatic hydroxyl groups is 1. The highest BCUT2D eigenvalue weighted by molar-refractivity contribution is 6.16. The lowest BCUT2D eigenvalue weighted by Gasteiger charge is -2.34. The molecule has 1 fully saturated rings. The van der Waals surface area contributed by atoms with Crippen LogP contribution in [0.5, 0.6) is 5.75 Å². The number of aliphatic hydroxyl groups is 1. The van der Waals surface area contributed by atoms with E-state index in [1.807, 2.05) is 24.3 Å². The summed E-state index contributed by atoms with van der Waals surface area (Å²) in [5.41, 5.74) is 2.42. The molecule has 1 unspecified atom stereocenters. The van der Waals surface area contributed by atoms with E-state index in [1.54, 1.807) is 26.0 Å². The van der Waals surface area contributed by atoms with Gasteiger partial charge >= 0.3 is 0 Å². The number of rotatable bonds is 5. The second-order valence-electron chi connectivity index (χ2n) is 8.76. The topological polar surface area (TPSA) is 84.3 Å². The van der Waals surface area contributed by atoms with Crippen molar-refractivity contribution in [1.29, 1.82) is 0 Å². The Balaban J connectivity index is 1.71. The molecule has 168 valence electrons. The van der Waals surface area contributed by atoms with Crippen LogP contribution >= 0.6 is 0 Å². The van der Waals surface area contributed by atoms with Crippen molar-refractivity contribution in [1.82, 2.24) is 4.90 Å². The number of phenolic OH excluding ortho intramolecular Hbond substituents is 1. The number of hydrogen-bond acceptors (Lipinski definition) is 6. The number of aliphatic hydroxyl groups excluding tert-OH is 1. The van der Waals surface area contributed by atoms with E-state index in [0.29, 0.717) is 11.3 Å². The highest BCUT2D eigenvalue weighted by atomic mass is 16.3. The highest BCUT2D eigenvalue weighted by Gasteiger charge is 2.44. The quantitative estimate of drug-likeness (QED) is 0.750. The zero-order chi connectivity index (χ0) is 23.0. The van der Waals surface area contributed by atoms with Crippen molar-refractivity contribution in [3.63, 3.8) is 0 Å². The van der Waals surface area contributed by atoms with E-state index in [1.165, 1.54) is 17.0 Å². The normalized spacial score (nSPS) is 19.9. The second-order valence-corrected chi connectivity index (χ2v) is 8.76. The van der Waals surface area contributed by atoms with Gasteiger partial charge in [-0.3, -0.25) is 14.5 Å². The smallest absolute Gasteiger partial charge is 0.294 e. The van der Waals surface area contributed by atoms with Gasteiger partial charge in [0.05, 0.1) is 11.6 Å². The van der Waals surface area contributed by atoms with Crippen molar-refractivity contribution in [2.75, 3.05) is 43.0 Å². The maximum absolute atomic E-state index is 13.1. The molecule has 0 bridgehead atoms. The summed E-state index contributed by atoms with van der Waals surface area (Å²) in [4.78, 5) is 32.1. The summed E-state index contributed by atoms with van der Waals surface area (Å²) in [5, 5.41) is 20.4. The van der Waals surface area contributed by atoms with Crippen LogP contribution in [0.2, 0.25) is 0 Å². The molecule has 0 radical (unpaired) electrons. The zero-order valence-electron chi connectivity index (χ0n) is 18.7. The first-order valence-electron chi connectivity index (χ1n) is 10.9. The van der Waals surface area contributed by atoms with E-state index in [2.05, 4.69) is 16.8 Å².